The van der Waals surface area contributed by atoms with Crippen molar-refractivity contribution in [3.05, 3.63) is 29.8 Å². The van der Waals surface area contributed by atoms with Gasteiger partial charge in [-0.05, 0) is 32.8 Å². The highest BCUT2D eigenvalue weighted by Crippen LogP contribution is 2.48. The number of benzene rings is 1. The monoisotopic (exact) mass is 192 g/mol. The zero-order valence-electron chi connectivity index (χ0n) is 8.66. The molecule has 0 aliphatic heterocycles. The van der Waals surface area contributed by atoms with Gasteiger partial charge in [-0.15, -0.1) is 0 Å². The number of para-hydroxylation sites is 1. The minimum atomic E-state index is -0.606. The first kappa shape index (κ1) is 9.53. The first-order valence-electron chi connectivity index (χ1n) is 5.10. The highest BCUT2D eigenvalue weighted by atomic mass is 16.5. The van der Waals surface area contributed by atoms with Gasteiger partial charge in [0.05, 0.1) is 11.7 Å². The summed E-state index contributed by atoms with van der Waals surface area (Å²) in [7, 11) is 0. The first-order valence-corrected chi connectivity index (χ1v) is 5.10. The third-order valence-electron chi connectivity index (χ3n) is 2.47. The number of rotatable bonds is 3. The zero-order chi connectivity index (χ0) is 10.2. The van der Waals surface area contributed by atoms with Crippen LogP contribution in [0.4, 0.5) is 0 Å². The Kier molecular flexibility index (Phi) is 2.23. The van der Waals surface area contributed by atoms with E-state index in [1.165, 1.54) is 0 Å². The van der Waals surface area contributed by atoms with Crippen molar-refractivity contribution in [2.24, 2.45) is 0 Å². The summed E-state index contributed by atoms with van der Waals surface area (Å²) in [6.45, 7) is 3.99. The predicted molar refractivity (Wildman–Crippen MR) is 55.3 cm³/mol. The Morgan fingerprint density at radius 3 is 2.50 bits per heavy atom. The van der Waals surface area contributed by atoms with Gasteiger partial charge in [0.2, 0.25) is 0 Å². The molecule has 76 valence electrons. The van der Waals surface area contributed by atoms with Gasteiger partial charge in [-0.1, -0.05) is 18.2 Å². The lowest BCUT2D eigenvalue weighted by Gasteiger charge is -2.17. The van der Waals surface area contributed by atoms with Gasteiger partial charge in [-0.3, -0.25) is 0 Å². The quantitative estimate of drug-likeness (QED) is 0.797. The van der Waals surface area contributed by atoms with Gasteiger partial charge in [0.1, 0.15) is 5.75 Å². The average molecular weight is 192 g/mol. The molecule has 1 aromatic rings. The van der Waals surface area contributed by atoms with Crippen LogP contribution in [0.2, 0.25) is 0 Å². The van der Waals surface area contributed by atoms with Crippen molar-refractivity contribution in [1.29, 1.82) is 0 Å². The minimum Gasteiger partial charge on any atom is -0.491 e. The summed E-state index contributed by atoms with van der Waals surface area (Å²) in [6, 6.07) is 7.75. The van der Waals surface area contributed by atoms with E-state index in [1.54, 1.807) is 0 Å². The standard InChI is InChI=1S/C12H16O2/c1-9(2)14-11-6-4-3-5-10(11)12(13)7-8-12/h3-6,9,13H,7-8H2,1-2H3. The summed E-state index contributed by atoms with van der Waals surface area (Å²) in [5, 5.41) is 10.0. The molecule has 2 heteroatoms. The average Bonchev–Trinajstić information content (AvgIpc) is 2.84. The summed E-state index contributed by atoms with van der Waals surface area (Å²) in [5.41, 5.74) is 0.333. The molecule has 0 atom stereocenters. The topological polar surface area (TPSA) is 29.5 Å². The van der Waals surface area contributed by atoms with Gasteiger partial charge >= 0.3 is 0 Å². The summed E-state index contributed by atoms with van der Waals surface area (Å²) in [5.74, 6) is 0.822. The molecule has 0 spiro atoms. The fourth-order valence-corrected chi connectivity index (χ4v) is 1.60. The van der Waals surface area contributed by atoms with Crippen LogP contribution in [0.25, 0.3) is 0 Å². The van der Waals surface area contributed by atoms with E-state index >= 15 is 0 Å². The number of hydrogen-bond donors (Lipinski definition) is 1. The number of aliphatic hydroxyl groups is 1. The fraction of sp³-hybridized carbons (Fsp3) is 0.500. The molecule has 1 aliphatic rings. The Bertz CT molecular complexity index is 327. The maximum atomic E-state index is 10.0. The normalized spacial score (nSPS) is 18.3. The molecule has 0 unspecified atom stereocenters. The van der Waals surface area contributed by atoms with Crippen molar-refractivity contribution in [3.63, 3.8) is 0 Å². The van der Waals surface area contributed by atoms with Gasteiger partial charge in [-0.25, -0.2) is 0 Å². The SMILES string of the molecule is CC(C)Oc1ccccc1C1(O)CC1. The van der Waals surface area contributed by atoms with Crippen molar-refractivity contribution in [3.8, 4) is 5.75 Å². The second kappa shape index (κ2) is 3.28. The van der Waals surface area contributed by atoms with Gasteiger partial charge in [-0.2, -0.15) is 0 Å². The van der Waals surface area contributed by atoms with Crippen LogP contribution >= 0.6 is 0 Å². The molecule has 1 aromatic carbocycles. The Morgan fingerprint density at radius 1 is 1.29 bits per heavy atom. The highest BCUT2D eigenvalue weighted by molar-refractivity contribution is 5.40. The van der Waals surface area contributed by atoms with Crippen molar-refractivity contribution < 1.29 is 9.84 Å². The van der Waals surface area contributed by atoms with E-state index in [0.29, 0.717) is 0 Å². The maximum Gasteiger partial charge on any atom is 0.125 e. The van der Waals surface area contributed by atoms with E-state index in [9.17, 15) is 5.11 Å². The van der Waals surface area contributed by atoms with E-state index in [2.05, 4.69) is 0 Å². The van der Waals surface area contributed by atoms with Gasteiger partial charge in [0.15, 0.2) is 0 Å². The summed E-state index contributed by atoms with van der Waals surface area (Å²) >= 11 is 0. The Labute approximate surface area is 84.5 Å². The predicted octanol–water partition coefficient (Wildman–Crippen LogP) is 2.46. The fourth-order valence-electron chi connectivity index (χ4n) is 1.60. The third kappa shape index (κ3) is 1.75. The van der Waals surface area contributed by atoms with E-state index in [4.69, 9.17) is 4.74 Å². The molecule has 1 saturated carbocycles. The maximum absolute atomic E-state index is 10.0. The smallest absolute Gasteiger partial charge is 0.125 e. The van der Waals surface area contributed by atoms with E-state index in [-0.39, 0.29) is 6.10 Å². The van der Waals surface area contributed by atoms with E-state index in [1.807, 2.05) is 38.1 Å². The molecule has 1 aliphatic carbocycles. The molecule has 0 heterocycles. The van der Waals surface area contributed by atoms with Crippen LogP contribution in [0.1, 0.15) is 32.3 Å². The van der Waals surface area contributed by atoms with Crippen LogP contribution in [0.3, 0.4) is 0 Å². The van der Waals surface area contributed by atoms with E-state index in [0.717, 1.165) is 24.2 Å². The number of ether oxygens (including phenoxy) is 1. The molecule has 0 bridgehead atoms. The molecule has 2 rings (SSSR count). The molecular weight excluding hydrogens is 176 g/mol. The van der Waals surface area contributed by atoms with E-state index < -0.39 is 5.60 Å². The first-order chi connectivity index (χ1) is 6.62. The lowest BCUT2D eigenvalue weighted by Crippen LogP contribution is -2.12. The minimum absolute atomic E-state index is 0.151. The van der Waals surface area contributed by atoms with Crippen molar-refractivity contribution >= 4 is 0 Å². The zero-order valence-corrected chi connectivity index (χ0v) is 8.66. The summed E-state index contributed by atoms with van der Waals surface area (Å²) < 4.78 is 5.65. The van der Waals surface area contributed by atoms with Gasteiger partial charge < -0.3 is 9.84 Å². The van der Waals surface area contributed by atoms with Gasteiger partial charge in [0, 0.05) is 5.56 Å². The Balaban J connectivity index is 2.29. The second-order valence-corrected chi connectivity index (χ2v) is 4.19. The van der Waals surface area contributed by atoms with Crippen molar-refractivity contribution in [2.75, 3.05) is 0 Å². The van der Waals surface area contributed by atoms with Crippen LogP contribution in [0.15, 0.2) is 24.3 Å². The van der Waals surface area contributed by atoms with Crippen LogP contribution in [-0.2, 0) is 5.60 Å². The number of hydrogen-bond acceptors (Lipinski definition) is 2. The van der Waals surface area contributed by atoms with Gasteiger partial charge in [0.25, 0.3) is 0 Å². The second-order valence-electron chi connectivity index (χ2n) is 4.19. The van der Waals surface area contributed by atoms with Crippen LogP contribution in [0, 0.1) is 0 Å². The molecular formula is C12H16O2. The van der Waals surface area contributed by atoms with Crippen molar-refractivity contribution in [2.45, 2.75) is 38.4 Å². The highest BCUT2D eigenvalue weighted by Gasteiger charge is 2.44. The lowest BCUT2D eigenvalue weighted by atomic mass is 10.1. The molecule has 0 saturated heterocycles. The summed E-state index contributed by atoms with van der Waals surface area (Å²) in [6.07, 6.45) is 1.86. The van der Waals surface area contributed by atoms with Crippen LogP contribution in [0.5, 0.6) is 5.75 Å². The lowest BCUT2D eigenvalue weighted by molar-refractivity contribution is 0.141. The third-order valence-corrected chi connectivity index (χ3v) is 2.47. The molecule has 14 heavy (non-hydrogen) atoms. The molecule has 1 fully saturated rings. The molecule has 0 radical (unpaired) electrons. The Hall–Kier alpha value is -1.02. The summed E-state index contributed by atoms with van der Waals surface area (Å²) in [4.78, 5) is 0. The largest absolute Gasteiger partial charge is 0.491 e. The molecule has 1 N–H and O–H groups in total. The molecule has 0 aromatic heterocycles. The van der Waals surface area contributed by atoms with Crippen LogP contribution < -0.4 is 4.74 Å². The molecule has 0 amide bonds. The Morgan fingerprint density at radius 2 is 1.93 bits per heavy atom. The van der Waals surface area contributed by atoms with Crippen molar-refractivity contribution in [1.82, 2.24) is 0 Å². The van der Waals surface area contributed by atoms with Crippen LogP contribution in [-0.4, -0.2) is 11.2 Å². The molecule has 2 nitrogen and oxygen atoms in total.